The Morgan fingerprint density at radius 2 is 1.86 bits per heavy atom. The first-order chi connectivity index (χ1) is 6.54. The molecule has 0 radical (unpaired) electrons. The summed E-state index contributed by atoms with van der Waals surface area (Å²) < 4.78 is 0. The first-order valence-electron chi connectivity index (χ1n) is 5.08. The maximum Gasteiger partial charge on any atom is 0.217 e. The molecular weight excluding hydrogens is 178 g/mol. The van der Waals surface area contributed by atoms with Gasteiger partial charge in [-0.15, -0.1) is 0 Å². The third kappa shape index (κ3) is 10.9. The monoisotopic (exact) mass is 201 g/mol. The molecule has 0 aromatic carbocycles. The molecule has 0 aliphatic rings. The number of hydrogen-bond donors (Lipinski definition) is 2. The Morgan fingerprint density at radius 1 is 1.36 bits per heavy atom. The predicted octanol–water partition coefficient (Wildman–Crippen LogP) is 1.60. The second-order valence-corrected chi connectivity index (χ2v) is 2.93. The van der Waals surface area contributed by atoms with Gasteiger partial charge in [-0.2, -0.15) is 0 Å². The lowest BCUT2D eigenvalue weighted by atomic mass is 10.2. The predicted molar refractivity (Wildman–Crippen MR) is 60.4 cm³/mol. The molecule has 0 aliphatic carbocycles. The van der Waals surface area contributed by atoms with Crippen LogP contribution < -0.4 is 5.73 Å². The van der Waals surface area contributed by atoms with Crippen LogP contribution >= 0.6 is 0 Å². The van der Waals surface area contributed by atoms with Gasteiger partial charge in [0.25, 0.3) is 0 Å². The number of carbonyl (C=O) groups excluding carboxylic acids is 1. The van der Waals surface area contributed by atoms with Gasteiger partial charge in [0.1, 0.15) is 0 Å². The summed E-state index contributed by atoms with van der Waals surface area (Å²) in [5.74, 6) is 0.304. The van der Waals surface area contributed by atoms with Crippen molar-refractivity contribution in [2.24, 2.45) is 5.73 Å². The zero-order valence-electron chi connectivity index (χ0n) is 9.76. The smallest absolute Gasteiger partial charge is 0.217 e. The van der Waals surface area contributed by atoms with Crippen LogP contribution in [0.3, 0.4) is 0 Å². The number of unbranched alkanes of at least 4 members (excludes halogenated alkanes) is 1. The van der Waals surface area contributed by atoms with Crippen LogP contribution in [-0.4, -0.2) is 30.2 Å². The van der Waals surface area contributed by atoms with Gasteiger partial charge in [-0.3, -0.25) is 10.2 Å². The summed E-state index contributed by atoms with van der Waals surface area (Å²) in [5, 5.41) is 7.25. The van der Waals surface area contributed by atoms with E-state index in [4.69, 9.17) is 11.1 Å². The van der Waals surface area contributed by atoms with E-state index in [1.54, 1.807) is 6.92 Å². The average Bonchev–Trinajstić information content (AvgIpc) is 2.15. The minimum absolute atomic E-state index is 0.246. The van der Waals surface area contributed by atoms with Crippen LogP contribution in [0, 0.1) is 5.41 Å². The van der Waals surface area contributed by atoms with Crippen LogP contribution in [-0.2, 0) is 4.79 Å². The van der Waals surface area contributed by atoms with Crippen molar-refractivity contribution in [1.82, 2.24) is 4.90 Å². The van der Waals surface area contributed by atoms with Gasteiger partial charge in [-0.1, -0.05) is 13.8 Å². The summed E-state index contributed by atoms with van der Waals surface area (Å²) in [6, 6.07) is 0. The lowest BCUT2D eigenvalue weighted by Crippen LogP contribution is -2.24. The topological polar surface area (TPSA) is 70.2 Å². The van der Waals surface area contributed by atoms with Crippen molar-refractivity contribution in [3.63, 3.8) is 0 Å². The zero-order valence-corrected chi connectivity index (χ0v) is 9.76. The number of nitrogens with one attached hydrogen (secondary N) is 1. The third-order valence-electron chi connectivity index (χ3n) is 1.74. The van der Waals surface area contributed by atoms with Gasteiger partial charge in [0.2, 0.25) is 5.91 Å². The van der Waals surface area contributed by atoms with Crippen molar-refractivity contribution in [3.05, 3.63) is 0 Å². The molecule has 0 heterocycles. The maximum absolute atomic E-state index is 10.3. The van der Waals surface area contributed by atoms with Gasteiger partial charge < -0.3 is 10.6 Å². The summed E-state index contributed by atoms with van der Waals surface area (Å²) in [7, 11) is 1.87. The highest BCUT2D eigenvalue weighted by molar-refractivity contribution is 5.75. The molecule has 0 bridgehead atoms. The van der Waals surface area contributed by atoms with E-state index in [1.807, 2.05) is 25.8 Å². The molecule has 0 aromatic rings. The van der Waals surface area contributed by atoms with E-state index >= 15 is 0 Å². The van der Waals surface area contributed by atoms with E-state index in [2.05, 4.69) is 0 Å². The van der Waals surface area contributed by atoms with Crippen molar-refractivity contribution in [1.29, 1.82) is 5.41 Å². The van der Waals surface area contributed by atoms with Crippen LogP contribution in [0.4, 0.5) is 0 Å². The standard InChI is InChI=1S/C8H17N3O.C2H6/c1-7(9)11(2)6-4-3-5-8(10)12;1-2/h9H,3-6H2,1-2H3,(H2,10,12);1-2H3. The second kappa shape index (κ2) is 10.0. The highest BCUT2D eigenvalue weighted by atomic mass is 16.1. The fourth-order valence-electron chi connectivity index (χ4n) is 0.816. The van der Waals surface area contributed by atoms with Gasteiger partial charge in [-0.05, 0) is 19.8 Å². The summed E-state index contributed by atoms with van der Waals surface area (Å²) in [4.78, 5) is 12.2. The SMILES string of the molecule is CC.CC(=N)N(C)CCCCC(N)=O. The van der Waals surface area contributed by atoms with Gasteiger partial charge in [0.05, 0.1) is 5.84 Å². The Bertz CT molecular complexity index is 169. The molecule has 4 nitrogen and oxygen atoms in total. The van der Waals surface area contributed by atoms with E-state index in [0.717, 1.165) is 19.4 Å². The molecular formula is C10H23N3O. The number of amidine groups is 1. The Labute approximate surface area is 87.0 Å². The van der Waals surface area contributed by atoms with Crippen LogP contribution in [0.15, 0.2) is 0 Å². The Balaban J connectivity index is 0. The molecule has 4 heteroatoms. The Hall–Kier alpha value is -1.06. The van der Waals surface area contributed by atoms with Gasteiger partial charge in [0, 0.05) is 20.0 Å². The number of nitrogens with two attached hydrogens (primary N) is 1. The maximum atomic E-state index is 10.3. The van der Waals surface area contributed by atoms with Gasteiger partial charge in [-0.25, -0.2) is 0 Å². The molecule has 0 unspecified atom stereocenters. The summed E-state index contributed by atoms with van der Waals surface area (Å²) in [6.07, 6.45) is 2.17. The minimum atomic E-state index is -0.246. The van der Waals surface area contributed by atoms with E-state index < -0.39 is 0 Å². The van der Waals surface area contributed by atoms with Crippen LogP contribution in [0.2, 0.25) is 0 Å². The summed E-state index contributed by atoms with van der Waals surface area (Å²) in [6.45, 7) is 6.57. The number of amides is 1. The number of hydrogen-bond acceptors (Lipinski definition) is 2. The molecule has 0 rings (SSSR count). The molecule has 0 aromatic heterocycles. The Kier molecular flexibility index (Phi) is 11.0. The first kappa shape index (κ1) is 15.4. The molecule has 0 fully saturated rings. The molecule has 0 spiro atoms. The van der Waals surface area contributed by atoms with Crippen molar-refractivity contribution >= 4 is 11.7 Å². The molecule has 0 aliphatic heterocycles. The Morgan fingerprint density at radius 3 is 2.21 bits per heavy atom. The zero-order chi connectivity index (χ0) is 11.6. The summed E-state index contributed by atoms with van der Waals surface area (Å²) in [5.41, 5.74) is 4.97. The largest absolute Gasteiger partial charge is 0.370 e. The minimum Gasteiger partial charge on any atom is -0.370 e. The third-order valence-corrected chi connectivity index (χ3v) is 1.74. The molecule has 0 atom stereocenters. The van der Waals surface area contributed by atoms with Crippen LogP contribution in [0.25, 0.3) is 0 Å². The number of primary amides is 1. The molecule has 0 saturated carbocycles. The number of nitrogens with zero attached hydrogens (tertiary/aromatic N) is 1. The lowest BCUT2D eigenvalue weighted by Gasteiger charge is -2.16. The molecule has 3 N–H and O–H groups in total. The highest BCUT2D eigenvalue weighted by Gasteiger charge is 1.98. The number of carbonyl (C=O) groups is 1. The van der Waals surface area contributed by atoms with Gasteiger partial charge >= 0.3 is 0 Å². The summed E-state index contributed by atoms with van der Waals surface area (Å²) >= 11 is 0. The van der Waals surface area contributed by atoms with E-state index in [0.29, 0.717) is 12.3 Å². The second-order valence-electron chi connectivity index (χ2n) is 2.93. The lowest BCUT2D eigenvalue weighted by molar-refractivity contribution is -0.118. The number of rotatable bonds is 5. The van der Waals surface area contributed by atoms with Crippen molar-refractivity contribution in [2.75, 3.05) is 13.6 Å². The molecule has 84 valence electrons. The van der Waals surface area contributed by atoms with E-state index in [-0.39, 0.29) is 5.91 Å². The molecule has 14 heavy (non-hydrogen) atoms. The van der Waals surface area contributed by atoms with Crippen LogP contribution in [0.1, 0.15) is 40.0 Å². The van der Waals surface area contributed by atoms with Crippen molar-refractivity contribution in [3.8, 4) is 0 Å². The van der Waals surface area contributed by atoms with E-state index in [9.17, 15) is 4.79 Å². The van der Waals surface area contributed by atoms with Crippen molar-refractivity contribution in [2.45, 2.75) is 40.0 Å². The highest BCUT2D eigenvalue weighted by Crippen LogP contribution is 1.96. The average molecular weight is 201 g/mol. The fourth-order valence-corrected chi connectivity index (χ4v) is 0.816. The first-order valence-corrected chi connectivity index (χ1v) is 5.08. The van der Waals surface area contributed by atoms with E-state index in [1.165, 1.54) is 0 Å². The van der Waals surface area contributed by atoms with Gasteiger partial charge in [0.15, 0.2) is 0 Å². The quantitative estimate of drug-likeness (QED) is 0.403. The van der Waals surface area contributed by atoms with Crippen molar-refractivity contribution < 1.29 is 4.79 Å². The fraction of sp³-hybridized carbons (Fsp3) is 0.800. The van der Waals surface area contributed by atoms with Crippen LogP contribution in [0.5, 0.6) is 0 Å². The molecule has 1 amide bonds. The molecule has 0 saturated heterocycles. The normalized spacial score (nSPS) is 8.57.